The molecule has 82 valence electrons. The zero-order valence-electron chi connectivity index (χ0n) is 9.97. The van der Waals surface area contributed by atoms with E-state index in [0.717, 1.165) is 5.25 Å². The van der Waals surface area contributed by atoms with Crippen LogP contribution in [0.2, 0.25) is 0 Å². The summed E-state index contributed by atoms with van der Waals surface area (Å²) in [6.07, 6.45) is 5.69. The molecule has 0 amide bonds. The smallest absolute Gasteiger partial charge is 0.0133 e. The highest BCUT2D eigenvalue weighted by molar-refractivity contribution is 8.00. The van der Waals surface area contributed by atoms with Crippen LogP contribution < -0.4 is 0 Å². The Morgan fingerprint density at radius 2 is 1.53 bits per heavy atom. The molecule has 2 rings (SSSR count). The Bertz CT molecular complexity index is 325. The van der Waals surface area contributed by atoms with E-state index < -0.39 is 0 Å². The lowest BCUT2D eigenvalue weighted by molar-refractivity contribution is 0.886. The van der Waals surface area contributed by atoms with Crippen molar-refractivity contribution in [2.24, 2.45) is 0 Å². The van der Waals surface area contributed by atoms with Crippen molar-refractivity contribution in [3.05, 3.63) is 28.8 Å². The molecule has 0 spiro atoms. The fraction of sp³-hybridized carbons (Fsp3) is 0.571. The van der Waals surface area contributed by atoms with Crippen LogP contribution in [0.4, 0.5) is 0 Å². The highest BCUT2D eigenvalue weighted by Crippen LogP contribution is 2.38. The lowest BCUT2D eigenvalue weighted by atomic mass is 10.1. The van der Waals surface area contributed by atoms with Crippen molar-refractivity contribution in [1.82, 2.24) is 0 Å². The van der Waals surface area contributed by atoms with E-state index in [9.17, 15) is 0 Å². The zero-order valence-corrected chi connectivity index (χ0v) is 10.8. The van der Waals surface area contributed by atoms with Crippen molar-refractivity contribution in [1.29, 1.82) is 0 Å². The van der Waals surface area contributed by atoms with Crippen LogP contribution in [-0.4, -0.2) is 5.25 Å². The molecule has 0 heterocycles. The first-order chi connectivity index (χ1) is 7.16. The standard InChI is InChI=1S/C14H20S/c1-10-8-11(2)14(12(3)9-10)15-13-6-4-5-7-13/h8-9,13H,4-7H2,1-3H3. The summed E-state index contributed by atoms with van der Waals surface area (Å²) >= 11 is 2.11. The normalized spacial score (nSPS) is 17.3. The van der Waals surface area contributed by atoms with Gasteiger partial charge in [-0.1, -0.05) is 30.5 Å². The molecule has 0 bridgehead atoms. The summed E-state index contributed by atoms with van der Waals surface area (Å²) in [5, 5.41) is 0.880. The minimum atomic E-state index is 0.880. The van der Waals surface area contributed by atoms with E-state index in [-0.39, 0.29) is 0 Å². The van der Waals surface area contributed by atoms with E-state index in [4.69, 9.17) is 0 Å². The molecular formula is C14H20S. The van der Waals surface area contributed by atoms with Gasteiger partial charge in [0.15, 0.2) is 0 Å². The van der Waals surface area contributed by atoms with Gasteiger partial charge in [-0.2, -0.15) is 0 Å². The van der Waals surface area contributed by atoms with Crippen molar-refractivity contribution < 1.29 is 0 Å². The first-order valence-corrected chi connectivity index (χ1v) is 6.79. The van der Waals surface area contributed by atoms with Gasteiger partial charge in [0.05, 0.1) is 0 Å². The lowest BCUT2D eigenvalue weighted by Gasteiger charge is -2.14. The molecule has 1 saturated carbocycles. The third-order valence-electron chi connectivity index (χ3n) is 3.19. The number of hydrogen-bond donors (Lipinski definition) is 0. The molecule has 1 aliphatic rings. The molecule has 1 fully saturated rings. The summed E-state index contributed by atoms with van der Waals surface area (Å²) in [7, 11) is 0. The highest BCUT2D eigenvalue weighted by atomic mass is 32.2. The van der Waals surface area contributed by atoms with E-state index in [1.165, 1.54) is 47.3 Å². The van der Waals surface area contributed by atoms with Crippen LogP contribution in [0.25, 0.3) is 0 Å². The van der Waals surface area contributed by atoms with Gasteiger partial charge in [-0.15, -0.1) is 11.8 Å². The molecule has 0 atom stereocenters. The molecule has 0 aromatic heterocycles. The number of hydrogen-bond acceptors (Lipinski definition) is 1. The monoisotopic (exact) mass is 220 g/mol. The molecule has 0 unspecified atom stereocenters. The first-order valence-electron chi connectivity index (χ1n) is 5.91. The molecule has 0 nitrogen and oxygen atoms in total. The van der Waals surface area contributed by atoms with E-state index in [1.807, 2.05) is 0 Å². The molecular weight excluding hydrogens is 200 g/mol. The molecule has 15 heavy (non-hydrogen) atoms. The summed E-state index contributed by atoms with van der Waals surface area (Å²) in [4.78, 5) is 1.53. The summed E-state index contributed by atoms with van der Waals surface area (Å²) in [5.41, 5.74) is 4.31. The lowest BCUT2D eigenvalue weighted by Crippen LogP contribution is -1.96. The Kier molecular flexibility index (Phi) is 3.40. The van der Waals surface area contributed by atoms with Crippen molar-refractivity contribution in [3.8, 4) is 0 Å². The topological polar surface area (TPSA) is 0 Å². The fourth-order valence-corrected chi connectivity index (χ4v) is 3.92. The largest absolute Gasteiger partial charge is 0.122 e. The van der Waals surface area contributed by atoms with Crippen molar-refractivity contribution in [2.45, 2.75) is 56.6 Å². The molecule has 0 saturated heterocycles. The maximum atomic E-state index is 2.31. The Morgan fingerprint density at radius 3 is 2.07 bits per heavy atom. The van der Waals surface area contributed by atoms with Crippen molar-refractivity contribution in [2.75, 3.05) is 0 Å². The van der Waals surface area contributed by atoms with Crippen LogP contribution in [0.5, 0.6) is 0 Å². The van der Waals surface area contributed by atoms with Crippen LogP contribution in [0, 0.1) is 20.8 Å². The van der Waals surface area contributed by atoms with Gasteiger partial charge in [0.25, 0.3) is 0 Å². The van der Waals surface area contributed by atoms with Crippen molar-refractivity contribution >= 4 is 11.8 Å². The summed E-state index contributed by atoms with van der Waals surface area (Å²) in [6, 6.07) is 4.62. The number of benzene rings is 1. The third-order valence-corrected chi connectivity index (χ3v) is 4.88. The fourth-order valence-electron chi connectivity index (χ4n) is 2.53. The number of aryl methyl sites for hydroxylation is 3. The van der Waals surface area contributed by atoms with E-state index in [0.29, 0.717) is 0 Å². The average Bonchev–Trinajstić information content (AvgIpc) is 2.63. The molecule has 1 aromatic carbocycles. The van der Waals surface area contributed by atoms with Crippen LogP contribution in [0.1, 0.15) is 42.4 Å². The second-order valence-corrected chi connectivity index (χ2v) is 6.06. The third kappa shape index (κ3) is 2.57. The van der Waals surface area contributed by atoms with Crippen LogP contribution >= 0.6 is 11.8 Å². The van der Waals surface area contributed by atoms with Gasteiger partial charge in [-0.05, 0) is 44.7 Å². The van der Waals surface area contributed by atoms with Gasteiger partial charge in [0, 0.05) is 10.1 Å². The number of thioether (sulfide) groups is 1. The van der Waals surface area contributed by atoms with Gasteiger partial charge in [-0.25, -0.2) is 0 Å². The summed E-state index contributed by atoms with van der Waals surface area (Å²) in [6.45, 7) is 6.68. The molecule has 0 radical (unpaired) electrons. The Balaban J connectivity index is 2.19. The molecule has 0 N–H and O–H groups in total. The summed E-state index contributed by atoms with van der Waals surface area (Å²) in [5.74, 6) is 0. The summed E-state index contributed by atoms with van der Waals surface area (Å²) < 4.78 is 0. The van der Waals surface area contributed by atoms with Gasteiger partial charge in [0.2, 0.25) is 0 Å². The Labute approximate surface area is 97.5 Å². The predicted molar refractivity (Wildman–Crippen MR) is 68.8 cm³/mol. The Morgan fingerprint density at radius 1 is 1.00 bits per heavy atom. The second-order valence-electron chi connectivity index (χ2n) is 4.75. The van der Waals surface area contributed by atoms with Crippen LogP contribution in [-0.2, 0) is 0 Å². The highest BCUT2D eigenvalue weighted by Gasteiger charge is 2.17. The second kappa shape index (κ2) is 4.61. The average molecular weight is 220 g/mol. The number of rotatable bonds is 2. The van der Waals surface area contributed by atoms with Gasteiger partial charge in [-0.3, -0.25) is 0 Å². The van der Waals surface area contributed by atoms with Crippen LogP contribution in [0.15, 0.2) is 17.0 Å². The maximum Gasteiger partial charge on any atom is 0.0133 e. The first kappa shape index (κ1) is 11.1. The van der Waals surface area contributed by atoms with Crippen LogP contribution in [0.3, 0.4) is 0 Å². The predicted octanol–water partition coefficient (Wildman–Crippen LogP) is 4.65. The van der Waals surface area contributed by atoms with E-state index in [1.54, 1.807) is 0 Å². The minimum Gasteiger partial charge on any atom is -0.122 e. The van der Waals surface area contributed by atoms with E-state index in [2.05, 4.69) is 44.7 Å². The Hall–Kier alpha value is -0.430. The van der Waals surface area contributed by atoms with Crippen molar-refractivity contribution in [3.63, 3.8) is 0 Å². The molecule has 1 aromatic rings. The quantitative estimate of drug-likeness (QED) is 0.699. The van der Waals surface area contributed by atoms with E-state index >= 15 is 0 Å². The molecule has 1 aliphatic carbocycles. The van der Waals surface area contributed by atoms with Gasteiger partial charge < -0.3 is 0 Å². The van der Waals surface area contributed by atoms with Gasteiger partial charge >= 0.3 is 0 Å². The van der Waals surface area contributed by atoms with Gasteiger partial charge in [0.1, 0.15) is 0 Å². The SMILES string of the molecule is Cc1cc(C)c(SC2CCCC2)c(C)c1. The maximum absolute atomic E-state index is 2.31. The zero-order chi connectivity index (χ0) is 10.8. The minimum absolute atomic E-state index is 0.880. The molecule has 0 aliphatic heterocycles. The molecule has 1 heteroatoms.